The predicted molar refractivity (Wildman–Crippen MR) is 59.4 cm³/mol. The van der Waals surface area contributed by atoms with Gasteiger partial charge in [0, 0.05) is 20.3 Å². The maximum atomic E-state index is 10.7. The lowest BCUT2D eigenvalue weighted by molar-refractivity contribution is -0.384. The molecule has 1 aromatic carbocycles. The molecule has 0 aliphatic heterocycles. The second-order valence-corrected chi connectivity index (χ2v) is 3.06. The lowest BCUT2D eigenvalue weighted by Crippen LogP contribution is -2.23. The molecule has 0 unspecified atom stereocenters. The van der Waals surface area contributed by atoms with Crippen molar-refractivity contribution in [3.8, 4) is 0 Å². The minimum Gasteiger partial charge on any atom is -0.374 e. The van der Waals surface area contributed by atoms with E-state index in [-0.39, 0.29) is 5.69 Å². The van der Waals surface area contributed by atoms with Crippen molar-refractivity contribution in [1.29, 1.82) is 0 Å². The van der Waals surface area contributed by atoms with Crippen molar-refractivity contribution in [3.05, 3.63) is 34.4 Å². The van der Waals surface area contributed by atoms with Gasteiger partial charge in [0.2, 0.25) is 0 Å². The van der Waals surface area contributed by atoms with Crippen LogP contribution in [-0.2, 0) is 9.47 Å². The summed E-state index contributed by atoms with van der Waals surface area (Å²) >= 11 is 0. The molecule has 0 aliphatic carbocycles. The number of ether oxygens (including phenoxy) is 2. The van der Waals surface area contributed by atoms with E-state index in [1.54, 1.807) is 18.2 Å². The summed E-state index contributed by atoms with van der Waals surface area (Å²) in [4.78, 5) is 10.3. The van der Waals surface area contributed by atoms with Crippen molar-refractivity contribution in [2.24, 2.45) is 0 Å². The Morgan fingerprint density at radius 2 is 2.00 bits per heavy atom. The van der Waals surface area contributed by atoms with E-state index in [1.807, 2.05) is 0 Å². The number of para-hydroxylation sites is 2. The fraction of sp³-hybridized carbons (Fsp3) is 0.400. The van der Waals surface area contributed by atoms with Gasteiger partial charge in [-0.1, -0.05) is 12.1 Å². The van der Waals surface area contributed by atoms with Crippen LogP contribution < -0.4 is 5.32 Å². The largest absolute Gasteiger partial charge is 0.374 e. The molecule has 0 saturated heterocycles. The van der Waals surface area contributed by atoms with E-state index >= 15 is 0 Å². The molecule has 1 N–H and O–H groups in total. The molecule has 16 heavy (non-hydrogen) atoms. The Bertz CT molecular complexity index is 352. The second kappa shape index (κ2) is 6.04. The Kier molecular flexibility index (Phi) is 4.68. The molecule has 0 bridgehead atoms. The van der Waals surface area contributed by atoms with Crippen molar-refractivity contribution in [2.75, 3.05) is 26.1 Å². The molecule has 0 aliphatic rings. The summed E-state index contributed by atoms with van der Waals surface area (Å²) in [5.41, 5.74) is 0.486. The topological polar surface area (TPSA) is 73.6 Å². The number of nitrogens with one attached hydrogen (secondary N) is 1. The number of hydrogen-bond donors (Lipinski definition) is 1. The SMILES string of the molecule is COC(CNc1ccccc1[N+](=O)[O-])OC. The van der Waals surface area contributed by atoms with E-state index in [4.69, 9.17) is 9.47 Å². The first-order chi connectivity index (χ1) is 7.69. The standard InChI is InChI=1S/C10H14N2O4/c1-15-10(16-2)7-11-8-5-3-4-6-9(8)12(13)14/h3-6,10-11H,7H2,1-2H3. The van der Waals surface area contributed by atoms with Crippen LogP contribution in [0.25, 0.3) is 0 Å². The number of nitro benzene ring substituents is 1. The molecule has 1 aromatic rings. The first-order valence-corrected chi connectivity index (χ1v) is 4.72. The second-order valence-electron chi connectivity index (χ2n) is 3.06. The summed E-state index contributed by atoms with van der Waals surface area (Å²) in [5, 5.41) is 13.6. The minimum atomic E-state index is -0.434. The third-order valence-corrected chi connectivity index (χ3v) is 2.09. The molecule has 1 rings (SSSR count). The summed E-state index contributed by atoms with van der Waals surface area (Å²) in [6.07, 6.45) is -0.431. The van der Waals surface area contributed by atoms with Crippen molar-refractivity contribution < 1.29 is 14.4 Å². The molecule has 0 saturated carbocycles. The van der Waals surface area contributed by atoms with Crippen LogP contribution in [0.1, 0.15) is 0 Å². The number of hydrogen-bond acceptors (Lipinski definition) is 5. The number of anilines is 1. The predicted octanol–water partition coefficient (Wildman–Crippen LogP) is 1.63. The Balaban J connectivity index is 2.69. The van der Waals surface area contributed by atoms with Gasteiger partial charge in [0.25, 0.3) is 5.69 Å². The minimum absolute atomic E-state index is 0.0356. The van der Waals surface area contributed by atoms with Crippen LogP contribution in [0.15, 0.2) is 24.3 Å². The summed E-state index contributed by atoms with van der Waals surface area (Å²) < 4.78 is 9.93. The first kappa shape index (κ1) is 12.4. The van der Waals surface area contributed by atoms with Crippen LogP contribution in [0, 0.1) is 10.1 Å². The molecular formula is C10H14N2O4. The molecule has 0 aromatic heterocycles. The third-order valence-electron chi connectivity index (χ3n) is 2.09. The van der Waals surface area contributed by atoms with Gasteiger partial charge in [0.05, 0.1) is 11.5 Å². The third kappa shape index (κ3) is 3.18. The van der Waals surface area contributed by atoms with Crippen LogP contribution in [0.2, 0.25) is 0 Å². The van der Waals surface area contributed by atoms with E-state index in [0.29, 0.717) is 12.2 Å². The highest BCUT2D eigenvalue weighted by atomic mass is 16.7. The van der Waals surface area contributed by atoms with Gasteiger partial charge in [-0.15, -0.1) is 0 Å². The summed E-state index contributed by atoms with van der Waals surface area (Å²) in [5.74, 6) is 0. The number of benzene rings is 1. The van der Waals surface area contributed by atoms with E-state index in [1.165, 1.54) is 20.3 Å². The zero-order valence-corrected chi connectivity index (χ0v) is 9.17. The molecule has 0 heterocycles. The van der Waals surface area contributed by atoms with E-state index < -0.39 is 11.2 Å². The van der Waals surface area contributed by atoms with Gasteiger partial charge in [-0.25, -0.2) is 0 Å². The van der Waals surface area contributed by atoms with Gasteiger partial charge in [0.1, 0.15) is 5.69 Å². The van der Waals surface area contributed by atoms with Crippen LogP contribution in [0.5, 0.6) is 0 Å². The van der Waals surface area contributed by atoms with E-state index in [0.717, 1.165) is 0 Å². The molecule has 0 fully saturated rings. The van der Waals surface area contributed by atoms with Crippen molar-refractivity contribution in [1.82, 2.24) is 0 Å². The molecular weight excluding hydrogens is 212 g/mol. The summed E-state index contributed by atoms with van der Waals surface area (Å²) in [6.45, 7) is 0.345. The summed E-state index contributed by atoms with van der Waals surface area (Å²) in [6, 6.07) is 6.43. The maximum absolute atomic E-state index is 10.7. The Labute approximate surface area is 93.3 Å². The maximum Gasteiger partial charge on any atom is 0.292 e. The number of rotatable bonds is 6. The van der Waals surface area contributed by atoms with E-state index in [2.05, 4.69) is 5.32 Å². The van der Waals surface area contributed by atoms with Crippen molar-refractivity contribution in [2.45, 2.75) is 6.29 Å². The fourth-order valence-corrected chi connectivity index (χ4v) is 1.24. The average Bonchev–Trinajstić information content (AvgIpc) is 2.30. The lowest BCUT2D eigenvalue weighted by atomic mass is 10.2. The Hall–Kier alpha value is -1.66. The Morgan fingerprint density at radius 3 is 2.56 bits per heavy atom. The molecule has 0 spiro atoms. The van der Waals surface area contributed by atoms with Crippen LogP contribution in [0.4, 0.5) is 11.4 Å². The quantitative estimate of drug-likeness (QED) is 0.453. The number of nitrogens with zero attached hydrogens (tertiary/aromatic N) is 1. The van der Waals surface area contributed by atoms with Crippen molar-refractivity contribution >= 4 is 11.4 Å². The van der Waals surface area contributed by atoms with Crippen LogP contribution in [0.3, 0.4) is 0 Å². The number of nitro groups is 1. The van der Waals surface area contributed by atoms with Gasteiger partial charge in [-0.05, 0) is 6.07 Å². The molecule has 88 valence electrons. The van der Waals surface area contributed by atoms with Gasteiger partial charge in [-0.3, -0.25) is 10.1 Å². The average molecular weight is 226 g/mol. The molecule has 6 nitrogen and oxygen atoms in total. The van der Waals surface area contributed by atoms with Gasteiger partial charge < -0.3 is 14.8 Å². The summed E-state index contributed by atoms with van der Waals surface area (Å²) in [7, 11) is 3.02. The normalized spacial score (nSPS) is 10.4. The fourth-order valence-electron chi connectivity index (χ4n) is 1.24. The molecule has 0 amide bonds. The van der Waals surface area contributed by atoms with Gasteiger partial charge in [-0.2, -0.15) is 0 Å². The molecule has 6 heteroatoms. The highest BCUT2D eigenvalue weighted by Gasteiger charge is 2.13. The lowest BCUT2D eigenvalue weighted by Gasteiger charge is -2.14. The van der Waals surface area contributed by atoms with Crippen LogP contribution >= 0.6 is 0 Å². The molecule has 0 radical (unpaired) electrons. The van der Waals surface area contributed by atoms with Crippen LogP contribution in [-0.4, -0.2) is 32.0 Å². The highest BCUT2D eigenvalue weighted by molar-refractivity contribution is 5.61. The Morgan fingerprint density at radius 1 is 1.38 bits per heavy atom. The highest BCUT2D eigenvalue weighted by Crippen LogP contribution is 2.22. The first-order valence-electron chi connectivity index (χ1n) is 4.72. The monoisotopic (exact) mass is 226 g/mol. The zero-order valence-electron chi connectivity index (χ0n) is 9.17. The van der Waals surface area contributed by atoms with E-state index in [9.17, 15) is 10.1 Å². The molecule has 0 atom stereocenters. The zero-order chi connectivity index (χ0) is 12.0. The van der Waals surface area contributed by atoms with Gasteiger partial charge in [0.15, 0.2) is 6.29 Å². The number of methoxy groups -OCH3 is 2. The van der Waals surface area contributed by atoms with Gasteiger partial charge >= 0.3 is 0 Å². The van der Waals surface area contributed by atoms with Crippen molar-refractivity contribution in [3.63, 3.8) is 0 Å². The smallest absolute Gasteiger partial charge is 0.292 e.